The van der Waals surface area contributed by atoms with E-state index in [-0.39, 0.29) is 13.2 Å². The van der Waals surface area contributed by atoms with Crippen molar-refractivity contribution in [2.24, 2.45) is 5.73 Å². The Kier molecular flexibility index (Phi) is 2.03. The van der Waals surface area contributed by atoms with Crippen LogP contribution in [-0.2, 0) is 4.74 Å². The van der Waals surface area contributed by atoms with Crippen molar-refractivity contribution in [2.75, 3.05) is 19.8 Å². The Bertz CT molecular complexity index is 91.1. The lowest BCUT2D eigenvalue weighted by Gasteiger charge is -2.27. The van der Waals surface area contributed by atoms with E-state index in [0.29, 0.717) is 13.0 Å². The standard InChI is InChI=1S/C6H12FNO/c7-6(4-8)2-1-3-9-5-6/h1-5,8H2/t6-/m0/s1. The monoisotopic (exact) mass is 133 g/mol. The third-order valence-corrected chi connectivity index (χ3v) is 1.64. The van der Waals surface area contributed by atoms with Crippen molar-refractivity contribution >= 4 is 0 Å². The molecule has 0 aliphatic carbocycles. The minimum Gasteiger partial charge on any atom is -0.378 e. The van der Waals surface area contributed by atoms with Crippen LogP contribution in [0.1, 0.15) is 12.8 Å². The Morgan fingerprint density at radius 1 is 1.67 bits per heavy atom. The number of ether oxygens (including phenoxy) is 1. The Labute approximate surface area is 54.2 Å². The van der Waals surface area contributed by atoms with E-state index in [1.165, 1.54) is 0 Å². The minimum atomic E-state index is -1.22. The zero-order chi connectivity index (χ0) is 6.74. The first-order chi connectivity index (χ1) is 4.27. The molecule has 3 heteroatoms. The molecule has 1 rings (SSSR count). The molecule has 1 atom stereocenters. The van der Waals surface area contributed by atoms with Gasteiger partial charge < -0.3 is 10.5 Å². The number of nitrogens with two attached hydrogens (primary N) is 1. The van der Waals surface area contributed by atoms with Gasteiger partial charge in [-0.1, -0.05) is 0 Å². The molecule has 1 saturated heterocycles. The van der Waals surface area contributed by atoms with Gasteiger partial charge in [0.1, 0.15) is 5.67 Å². The van der Waals surface area contributed by atoms with E-state index >= 15 is 0 Å². The quantitative estimate of drug-likeness (QED) is 0.564. The molecule has 1 aliphatic heterocycles. The summed E-state index contributed by atoms with van der Waals surface area (Å²) in [5.74, 6) is 0. The normalized spacial score (nSPS) is 36.7. The maximum Gasteiger partial charge on any atom is 0.146 e. The van der Waals surface area contributed by atoms with Gasteiger partial charge in [0.05, 0.1) is 6.61 Å². The SMILES string of the molecule is NC[C@@]1(F)CCCOC1. The van der Waals surface area contributed by atoms with Crippen LogP contribution in [0.4, 0.5) is 4.39 Å². The molecular weight excluding hydrogens is 121 g/mol. The number of hydrogen-bond acceptors (Lipinski definition) is 2. The molecule has 0 aromatic carbocycles. The first-order valence-electron chi connectivity index (χ1n) is 3.24. The summed E-state index contributed by atoms with van der Waals surface area (Å²) in [6.45, 7) is 0.960. The van der Waals surface area contributed by atoms with E-state index in [0.717, 1.165) is 6.42 Å². The van der Waals surface area contributed by atoms with Crippen molar-refractivity contribution < 1.29 is 9.13 Å². The number of halogens is 1. The van der Waals surface area contributed by atoms with Gasteiger partial charge in [0.25, 0.3) is 0 Å². The average molecular weight is 133 g/mol. The molecule has 0 aromatic rings. The predicted octanol–water partition coefficient (Wildman–Crippen LogP) is 0.464. The van der Waals surface area contributed by atoms with Crippen molar-refractivity contribution in [2.45, 2.75) is 18.5 Å². The van der Waals surface area contributed by atoms with Crippen LogP contribution in [-0.4, -0.2) is 25.4 Å². The Morgan fingerprint density at radius 2 is 2.44 bits per heavy atom. The highest BCUT2D eigenvalue weighted by atomic mass is 19.1. The van der Waals surface area contributed by atoms with E-state index in [1.807, 2.05) is 0 Å². The van der Waals surface area contributed by atoms with Gasteiger partial charge >= 0.3 is 0 Å². The fourth-order valence-corrected chi connectivity index (χ4v) is 0.979. The molecule has 0 saturated carbocycles. The molecular formula is C6H12FNO. The van der Waals surface area contributed by atoms with E-state index in [2.05, 4.69) is 0 Å². The molecule has 1 fully saturated rings. The van der Waals surface area contributed by atoms with Crippen LogP contribution in [0, 0.1) is 0 Å². The lowest BCUT2D eigenvalue weighted by molar-refractivity contribution is -0.0256. The summed E-state index contributed by atoms with van der Waals surface area (Å²) in [6.07, 6.45) is 1.36. The molecule has 0 aromatic heterocycles. The molecule has 2 nitrogen and oxygen atoms in total. The second-order valence-electron chi connectivity index (χ2n) is 2.51. The Balaban J connectivity index is 2.37. The van der Waals surface area contributed by atoms with Crippen molar-refractivity contribution in [1.29, 1.82) is 0 Å². The van der Waals surface area contributed by atoms with E-state index < -0.39 is 5.67 Å². The maximum absolute atomic E-state index is 13.1. The van der Waals surface area contributed by atoms with Gasteiger partial charge in [-0.15, -0.1) is 0 Å². The second-order valence-corrected chi connectivity index (χ2v) is 2.51. The van der Waals surface area contributed by atoms with Crippen molar-refractivity contribution in [1.82, 2.24) is 0 Å². The zero-order valence-electron chi connectivity index (χ0n) is 5.40. The third kappa shape index (κ3) is 1.63. The number of hydrogen-bond donors (Lipinski definition) is 1. The molecule has 2 N–H and O–H groups in total. The van der Waals surface area contributed by atoms with Gasteiger partial charge in [-0.2, -0.15) is 0 Å². The lowest BCUT2D eigenvalue weighted by Crippen LogP contribution is -2.41. The summed E-state index contributed by atoms with van der Waals surface area (Å²) in [7, 11) is 0. The maximum atomic E-state index is 13.1. The first kappa shape index (κ1) is 6.96. The van der Waals surface area contributed by atoms with Crippen LogP contribution in [0.5, 0.6) is 0 Å². The van der Waals surface area contributed by atoms with Gasteiger partial charge in [0, 0.05) is 13.2 Å². The molecule has 0 spiro atoms. The van der Waals surface area contributed by atoms with Gasteiger partial charge in [0.15, 0.2) is 0 Å². The molecule has 0 radical (unpaired) electrons. The fourth-order valence-electron chi connectivity index (χ4n) is 0.979. The zero-order valence-corrected chi connectivity index (χ0v) is 5.40. The Morgan fingerprint density at radius 3 is 2.78 bits per heavy atom. The largest absolute Gasteiger partial charge is 0.378 e. The fraction of sp³-hybridized carbons (Fsp3) is 1.00. The van der Waals surface area contributed by atoms with Crippen LogP contribution in [0.15, 0.2) is 0 Å². The van der Waals surface area contributed by atoms with Gasteiger partial charge in [-0.25, -0.2) is 4.39 Å². The van der Waals surface area contributed by atoms with Crippen LogP contribution >= 0.6 is 0 Å². The summed E-state index contributed by atoms with van der Waals surface area (Å²) in [6, 6.07) is 0. The predicted molar refractivity (Wildman–Crippen MR) is 32.9 cm³/mol. The number of alkyl halides is 1. The van der Waals surface area contributed by atoms with E-state index in [9.17, 15) is 4.39 Å². The average Bonchev–Trinajstić information content (AvgIpc) is 1.90. The summed E-state index contributed by atoms with van der Waals surface area (Å²) in [5, 5.41) is 0. The van der Waals surface area contributed by atoms with E-state index in [4.69, 9.17) is 10.5 Å². The highest BCUT2D eigenvalue weighted by Gasteiger charge is 2.30. The van der Waals surface area contributed by atoms with Crippen LogP contribution in [0.25, 0.3) is 0 Å². The van der Waals surface area contributed by atoms with Crippen LogP contribution in [0.2, 0.25) is 0 Å². The lowest BCUT2D eigenvalue weighted by atomic mass is 9.99. The second kappa shape index (κ2) is 2.62. The van der Waals surface area contributed by atoms with E-state index in [1.54, 1.807) is 0 Å². The molecule has 0 amide bonds. The summed E-state index contributed by atoms with van der Waals surface area (Å²) >= 11 is 0. The number of rotatable bonds is 1. The van der Waals surface area contributed by atoms with Crippen LogP contribution < -0.4 is 5.73 Å². The minimum absolute atomic E-state index is 0.0903. The van der Waals surface area contributed by atoms with Gasteiger partial charge in [-0.05, 0) is 12.8 Å². The van der Waals surface area contributed by atoms with Crippen molar-refractivity contribution in [3.05, 3.63) is 0 Å². The Hall–Kier alpha value is -0.150. The summed E-state index contributed by atoms with van der Waals surface area (Å²) in [4.78, 5) is 0. The highest BCUT2D eigenvalue weighted by molar-refractivity contribution is 4.82. The molecule has 1 heterocycles. The van der Waals surface area contributed by atoms with Crippen LogP contribution in [0.3, 0.4) is 0 Å². The topological polar surface area (TPSA) is 35.2 Å². The third-order valence-electron chi connectivity index (χ3n) is 1.64. The molecule has 0 bridgehead atoms. The molecule has 0 unspecified atom stereocenters. The van der Waals surface area contributed by atoms with Crippen molar-refractivity contribution in [3.8, 4) is 0 Å². The smallest absolute Gasteiger partial charge is 0.146 e. The molecule has 1 aliphatic rings. The summed E-state index contributed by atoms with van der Waals surface area (Å²) < 4.78 is 18.0. The first-order valence-corrected chi connectivity index (χ1v) is 3.24. The van der Waals surface area contributed by atoms with Gasteiger partial charge in [0.2, 0.25) is 0 Å². The molecule has 9 heavy (non-hydrogen) atoms. The van der Waals surface area contributed by atoms with Crippen molar-refractivity contribution in [3.63, 3.8) is 0 Å². The highest BCUT2D eigenvalue weighted by Crippen LogP contribution is 2.21. The molecule has 54 valence electrons. The van der Waals surface area contributed by atoms with Gasteiger partial charge in [-0.3, -0.25) is 0 Å². The summed E-state index contributed by atoms with van der Waals surface area (Å²) in [5.41, 5.74) is 3.96.